The summed E-state index contributed by atoms with van der Waals surface area (Å²) in [6.07, 6.45) is 0.719. The van der Waals surface area contributed by atoms with Gasteiger partial charge in [-0.15, -0.1) is 0 Å². The van der Waals surface area contributed by atoms with Crippen LogP contribution < -0.4 is 14.4 Å². The summed E-state index contributed by atoms with van der Waals surface area (Å²) < 4.78 is 10.4. The number of benzene rings is 2. The Hall–Kier alpha value is -2.69. The predicted octanol–water partition coefficient (Wildman–Crippen LogP) is 2.67. The van der Waals surface area contributed by atoms with E-state index in [1.807, 2.05) is 18.2 Å². The summed E-state index contributed by atoms with van der Waals surface area (Å²) in [5.41, 5.74) is 1.98. The van der Waals surface area contributed by atoms with E-state index in [2.05, 4.69) is 0 Å². The zero-order valence-electron chi connectivity index (χ0n) is 12.2. The number of nitrogens with zero attached hydrogens (tertiary/aromatic N) is 1. The largest absolute Gasteiger partial charge is 0.507 e. The summed E-state index contributed by atoms with van der Waals surface area (Å²) in [5.74, 6) is 1.01. The van der Waals surface area contributed by atoms with E-state index in [0.717, 1.165) is 12.0 Å². The van der Waals surface area contributed by atoms with Crippen LogP contribution in [0.25, 0.3) is 11.1 Å². The van der Waals surface area contributed by atoms with Gasteiger partial charge in [-0.2, -0.15) is 0 Å². The van der Waals surface area contributed by atoms with Crippen molar-refractivity contribution in [3.8, 4) is 28.4 Å². The van der Waals surface area contributed by atoms with Crippen LogP contribution in [0.5, 0.6) is 17.2 Å². The van der Waals surface area contributed by atoms with Gasteiger partial charge in [0.25, 0.3) is 0 Å². The normalized spacial score (nSPS) is 10.0. The van der Waals surface area contributed by atoms with E-state index in [1.54, 1.807) is 19.2 Å². The van der Waals surface area contributed by atoms with E-state index in [1.165, 1.54) is 25.2 Å². The van der Waals surface area contributed by atoms with Crippen molar-refractivity contribution in [3.63, 3.8) is 0 Å². The zero-order valence-corrected chi connectivity index (χ0v) is 12.2. The van der Waals surface area contributed by atoms with Crippen molar-refractivity contribution in [2.75, 3.05) is 26.2 Å². The van der Waals surface area contributed by atoms with Crippen LogP contribution in [0.1, 0.15) is 0 Å². The number of rotatable bonds is 5. The van der Waals surface area contributed by atoms with Crippen molar-refractivity contribution in [1.82, 2.24) is 0 Å². The maximum absolute atomic E-state index is 11.0. The molecule has 0 radical (unpaired) electrons. The Bertz CT molecular complexity index is 655. The van der Waals surface area contributed by atoms with Gasteiger partial charge in [-0.25, -0.2) is 0 Å². The number of ether oxygens (including phenoxy) is 2. The second-order valence-electron chi connectivity index (χ2n) is 4.46. The summed E-state index contributed by atoms with van der Waals surface area (Å²) in [6.45, 7) is 0. The van der Waals surface area contributed by atoms with E-state index >= 15 is 0 Å². The van der Waals surface area contributed by atoms with Gasteiger partial charge in [0.15, 0.2) is 11.5 Å². The quantitative estimate of drug-likeness (QED) is 0.859. The maximum atomic E-state index is 11.0. The number of phenols is 1. The molecule has 0 atom stereocenters. The lowest BCUT2D eigenvalue weighted by Gasteiger charge is -2.18. The zero-order chi connectivity index (χ0) is 15.4. The van der Waals surface area contributed by atoms with Crippen molar-refractivity contribution in [1.29, 1.82) is 0 Å². The van der Waals surface area contributed by atoms with Crippen LogP contribution in [0, 0.1) is 0 Å². The fourth-order valence-electron chi connectivity index (χ4n) is 2.15. The fraction of sp³-hybridized carbons (Fsp3) is 0.188. The molecule has 5 heteroatoms. The monoisotopic (exact) mass is 287 g/mol. The Labute approximate surface area is 123 Å². The molecule has 0 unspecified atom stereocenters. The van der Waals surface area contributed by atoms with E-state index in [9.17, 15) is 9.90 Å². The SMILES string of the molecule is COc1cc(O)c(-c2ccccc2N(C)C=O)cc1OC. The summed E-state index contributed by atoms with van der Waals surface area (Å²) >= 11 is 0. The number of carbonyl (C=O) groups excluding carboxylic acids is 1. The van der Waals surface area contributed by atoms with Crippen LogP contribution in [0.2, 0.25) is 0 Å². The molecule has 0 heterocycles. The van der Waals surface area contributed by atoms with E-state index in [0.29, 0.717) is 22.7 Å². The minimum atomic E-state index is 0.0550. The average molecular weight is 287 g/mol. The second kappa shape index (κ2) is 6.17. The molecular weight excluding hydrogens is 270 g/mol. The number of aromatic hydroxyl groups is 1. The molecule has 110 valence electrons. The van der Waals surface area contributed by atoms with Crippen LogP contribution in [-0.4, -0.2) is 32.8 Å². The van der Waals surface area contributed by atoms with Crippen LogP contribution >= 0.6 is 0 Å². The van der Waals surface area contributed by atoms with E-state index < -0.39 is 0 Å². The number of para-hydroxylation sites is 1. The standard InChI is InChI=1S/C16H17NO4/c1-17(10-18)13-7-5-4-6-11(13)12-8-15(20-2)16(21-3)9-14(12)19/h4-10,19H,1-3H3. The van der Waals surface area contributed by atoms with Gasteiger partial charge in [0.05, 0.1) is 19.9 Å². The molecule has 0 aromatic heterocycles. The molecule has 0 saturated heterocycles. The minimum Gasteiger partial charge on any atom is -0.507 e. The van der Waals surface area contributed by atoms with Crippen LogP contribution in [0.3, 0.4) is 0 Å². The Morgan fingerprint density at radius 1 is 1.05 bits per heavy atom. The molecule has 0 aliphatic carbocycles. The Morgan fingerprint density at radius 2 is 1.67 bits per heavy atom. The Kier molecular flexibility index (Phi) is 4.33. The van der Waals surface area contributed by atoms with Gasteiger partial charge in [0, 0.05) is 24.2 Å². The molecule has 0 aliphatic rings. The van der Waals surface area contributed by atoms with Gasteiger partial charge >= 0.3 is 0 Å². The molecule has 2 aromatic carbocycles. The Balaban J connectivity index is 2.65. The molecular formula is C16H17NO4. The highest BCUT2D eigenvalue weighted by molar-refractivity contribution is 5.89. The van der Waals surface area contributed by atoms with Crippen LogP contribution in [0.4, 0.5) is 5.69 Å². The van der Waals surface area contributed by atoms with E-state index in [-0.39, 0.29) is 5.75 Å². The van der Waals surface area contributed by atoms with Gasteiger partial charge < -0.3 is 19.5 Å². The van der Waals surface area contributed by atoms with Crippen molar-refractivity contribution in [2.45, 2.75) is 0 Å². The third kappa shape index (κ3) is 2.76. The van der Waals surface area contributed by atoms with Crippen LogP contribution in [0.15, 0.2) is 36.4 Å². The molecule has 5 nitrogen and oxygen atoms in total. The molecule has 0 saturated carbocycles. The highest BCUT2D eigenvalue weighted by Crippen LogP contribution is 2.42. The van der Waals surface area contributed by atoms with Crippen molar-refractivity contribution in [3.05, 3.63) is 36.4 Å². The topological polar surface area (TPSA) is 59.0 Å². The molecule has 0 aliphatic heterocycles. The number of methoxy groups -OCH3 is 2. The molecule has 2 rings (SSSR count). The van der Waals surface area contributed by atoms with E-state index in [4.69, 9.17) is 9.47 Å². The van der Waals surface area contributed by atoms with Gasteiger partial charge in [-0.1, -0.05) is 18.2 Å². The number of anilines is 1. The molecule has 1 N–H and O–H groups in total. The highest BCUT2D eigenvalue weighted by Gasteiger charge is 2.16. The number of carbonyl (C=O) groups is 1. The smallest absolute Gasteiger partial charge is 0.213 e. The third-order valence-corrected chi connectivity index (χ3v) is 3.23. The van der Waals surface area contributed by atoms with Crippen molar-refractivity contribution < 1.29 is 19.4 Å². The fourth-order valence-corrected chi connectivity index (χ4v) is 2.15. The minimum absolute atomic E-state index is 0.0550. The van der Waals surface area contributed by atoms with Gasteiger partial charge in [0.2, 0.25) is 6.41 Å². The first-order chi connectivity index (χ1) is 10.1. The number of hydrogen-bond donors (Lipinski definition) is 1. The summed E-state index contributed by atoms with van der Waals surface area (Å²) in [7, 11) is 4.69. The number of phenolic OH excluding ortho intramolecular Hbond substituents is 1. The first-order valence-corrected chi connectivity index (χ1v) is 6.35. The molecule has 0 bridgehead atoms. The second-order valence-corrected chi connectivity index (χ2v) is 4.46. The highest BCUT2D eigenvalue weighted by atomic mass is 16.5. The average Bonchev–Trinajstić information content (AvgIpc) is 2.53. The summed E-state index contributed by atoms with van der Waals surface area (Å²) in [5, 5.41) is 10.2. The molecule has 21 heavy (non-hydrogen) atoms. The number of hydrogen-bond acceptors (Lipinski definition) is 4. The molecule has 1 amide bonds. The van der Waals surface area contributed by atoms with Crippen LogP contribution in [-0.2, 0) is 4.79 Å². The first kappa shape index (κ1) is 14.7. The summed E-state index contributed by atoms with van der Waals surface area (Å²) in [4.78, 5) is 12.5. The molecule has 2 aromatic rings. The van der Waals surface area contributed by atoms with Gasteiger partial charge in [0.1, 0.15) is 5.75 Å². The van der Waals surface area contributed by atoms with Gasteiger partial charge in [-0.05, 0) is 12.1 Å². The van der Waals surface area contributed by atoms with Gasteiger partial charge in [-0.3, -0.25) is 4.79 Å². The van der Waals surface area contributed by atoms with Crippen molar-refractivity contribution in [2.24, 2.45) is 0 Å². The van der Waals surface area contributed by atoms with Crippen molar-refractivity contribution >= 4 is 12.1 Å². The molecule has 0 fully saturated rings. The number of amides is 1. The third-order valence-electron chi connectivity index (χ3n) is 3.23. The predicted molar refractivity (Wildman–Crippen MR) is 81.1 cm³/mol. The lowest BCUT2D eigenvalue weighted by Crippen LogP contribution is -2.14. The molecule has 0 spiro atoms. The lowest BCUT2D eigenvalue weighted by atomic mass is 10.0. The first-order valence-electron chi connectivity index (χ1n) is 6.35. The summed E-state index contributed by atoms with van der Waals surface area (Å²) in [6, 6.07) is 10.5. The maximum Gasteiger partial charge on any atom is 0.213 e. The lowest BCUT2D eigenvalue weighted by molar-refractivity contribution is -0.107. The Morgan fingerprint density at radius 3 is 2.29 bits per heavy atom.